The number of ketones is 2. The van der Waals surface area contributed by atoms with Crippen LogP contribution >= 0.6 is 0 Å². The highest BCUT2D eigenvalue weighted by Crippen LogP contribution is 2.57. The Balaban J connectivity index is 1.60. The predicted octanol–water partition coefficient (Wildman–Crippen LogP) is 5.34. The minimum atomic E-state index is -1.32. The van der Waals surface area contributed by atoms with Crippen LogP contribution in [0.1, 0.15) is 47.3 Å². The summed E-state index contributed by atoms with van der Waals surface area (Å²) < 4.78 is 14.1. The molecule has 3 aromatic rings. The van der Waals surface area contributed by atoms with E-state index in [9.17, 15) is 18.8 Å². The first-order valence-electron chi connectivity index (χ1n) is 12.7. The second-order valence-electron chi connectivity index (χ2n) is 10.1. The van der Waals surface area contributed by atoms with Crippen LogP contribution in [-0.4, -0.2) is 29.6 Å². The monoisotopic (exact) mass is 494 g/mol. The van der Waals surface area contributed by atoms with Crippen molar-refractivity contribution in [1.82, 2.24) is 0 Å². The Morgan fingerprint density at radius 2 is 1.81 bits per heavy atom. The van der Waals surface area contributed by atoms with E-state index >= 15 is 0 Å². The number of rotatable bonds is 5. The summed E-state index contributed by atoms with van der Waals surface area (Å²) in [6.07, 6.45) is 5.53. The average Bonchev–Trinajstić information content (AvgIpc) is 3.37. The Morgan fingerprint density at radius 1 is 1.05 bits per heavy atom. The molecule has 186 valence electrons. The van der Waals surface area contributed by atoms with Crippen molar-refractivity contribution in [3.05, 3.63) is 101 Å². The lowest BCUT2D eigenvalue weighted by atomic mass is 9.64. The summed E-state index contributed by atoms with van der Waals surface area (Å²) in [6, 6.07) is 17.8. The van der Waals surface area contributed by atoms with Gasteiger partial charge in [0.2, 0.25) is 5.91 Å². The largest absolute Gasteiger partial charge is 0.352 e. The number of amides is 1. The zero-order valence-electron chi connectivity index (χ0n) is 20.7. The van der Waals surface area contributed by atoms with Crippen molar-refractivity contribution in [1.29, 1.82) is 0 Å². The van der Waals surface area contributed by atoms with Crippen LogP contribution < -0.4 is 10.2 Å². The minimum Gasteiger partial charge on any atom is -0.352 e. The van der Waals surface area contributed by atoms with E-state index in [1.54, 1.807) is 24.3 Å². The maximum Gasteiger partial charge on any atom is 0.238 e. The maximum absolute atomic E-state index is 14.4. The number of nitrogens with zero attached hydrogens (tertiary/aromatic N) is 1. The fraction of sp³-hybridized carbons (Fsp3) is 0.258. The van der Waals surface area contributed by atoms with Crippen molar-refractivity contribution in [2.24, 2.45) is 5.92 Å². The molecule has 3 heterocycles. The number of carbonyl (C=O) groups excluding carboxylic acids is 3. The predicted molar refractivity (Wildman–Crippen MR) is 141 cm³/mol. The first kappa shape index (κ1) is 23.3. The van der Waals surface area contributed by atoms with E-state index in [2.05, 4.69) is 12.2 Å². The fourth-order valence-electron chi connectivity index (χ4n) is 6.61. The van der Waals surface area contributed by atoms with Gasteiger partial charge in [0.1, 0.15) is 11.2 Å². The standard InChI is InChI=1S/C31H27FN2O3/c1-3-6-19-9-11-20(12-10-19)29(36)27-28(18(2)35)34-25-15-14-22(32)17-21(25)13-16-26(34)31(27)23-7-4-5-8-24(23)33-30(31)37/h4-5,7-17,26-28H,3,6H2,1-2H3,(H,33,37)/t26-,27-,28-,31-/m0/s1. The van der Waals surface area contributed by atoms with Gasteiger partial charge < -0.3 is 10.2 Å². The average molecular weight is 495 g/mol. The molecular formula is C31H27FN2O3. The minimum absolute atomic E-state index is 0.217. The summed E-state index contributed by atoms with van der Waals surface area (Å²) in [6.45, 7) is 3.56. The molecule has 37 heavy (non-hydrogen) atoms. The van der Waals surface area contributed by atoms with Gasteiger partial charge in [-0.1, -0.05) is 68.0 Å². The van der Waals surface area contributed by atoms with Gasteiger partial charge in [0, 0.05) is 22.5 Å². The van der Waals surface area contributed by atoms with E-state index in [1.807, 2.05) is 47.4 Å². The third-order valence-electron chi connectivity index (χ3n) is 8.07. The number of para-hydroxylation sites is 1. The van der Waals surface area contributed by atoms with Gasteiger partial charge in [0.05, 0.1) is 18.0 Å². The molecule has 1 spiro atoms. The van der Waals surface area contributed by atoms with Crippen LogP contribution in [0.4, 0.5) is 15.8 Å². The number of hydrogen-bond acceptors (Lipinski definition) is 4. The number of halogens is 1. The molecule has 3 aliphatic heterocycles. The van der Waals surface area contributed by atoms with Gasteiger partial charge in [-0.05, 0) is 48.7 Å². The molecule has 0 aromatic heterocycles. The smallest absolute Gasteiger partial charge is 0.238 e. The molecular weight excluding hydrogens is 467 g/mol. The summed E-state index contributed by atoms with van der Waals surface area (Å²) in [5.74, 6) is -2.13. The quantitative estimate of drug-likeness (QED) is 0.486. The normalized spacial score (nSPS) is 25.0. The number of Topliss-reactive ketones (excluding diaryl/α,β-unsaturated/α-hetero) is 2. The van der Waals surface area contributed by atoms with Gasteiger partial charge in [-0.15, -0.1) is 0 Å². The van der Waals surface area contributed by atoms with Gasteiger partial charge in [0.25, 0.3) is 0 Å². The molecule has 0 bridgehead atoms. The Labute approximate surface area is 215 Å². The van der Waals surface area contributed by atoms with Crippen molar-refractivity contribution in [3.63, 3.8) is 0 Å². The molecule has 0 unspecified atom stereocenters. The highest BCUT2D eigenvalue weighted by molar-refractivity contribution is 6.16. The van der Waals surface area contributed by atoms with Crippen molar-refractivity contribution in [2.75, 3.05) is 10.2 Å². The lowest BCUT2D eigenvalue weighted by Gasteiger charge is -2.37. The third kappa shape index (κ3) is 3.24. The summed E-state index contributed by atoms with van der Waals surface area (Å²) in [5.41, 5.74) is 2.87. The number of fused-ring (bicyclic) bond motifs is 6. The summed E-state index contributed by atoms with van der Waals surface area (Å²) in [7, 11) is 0. The van der Waals surface area contributed by atoms with Crippen molar-refractivity contribution >= 4 is 34.9 Å². The summed E-state index contributed by atoms with van der Waals surface area (Å²) >= 11 is 0. The Morgan fingerprint density at radius 3 is 2.54 bits per heavy atom. The summed E-state index contributed by atoms with van der Waals surface area (Å²) in [4.78, 5) is 43.7. The molecule has 5 nitrogen and oxygen atoms in total. The second kappa shape index (κ2) is 8.51. The SMILES string of the molecule is CCCc1ccc(C(=O)[C@@H]2[C@H](C(C)=O)N3c4ccc(F)cc4C=C[C@H]3[C@]23C(=O)Nc2ccccc23)cc1. The van der Waals surface area contributed by atoms with Crippen LogP contribution in [0, 0.1) is 11.7 Å². The molecule has 1 fully saturated rings. The molecule has 0 radical (unpaired) electrons. The molecule has 3 aliphatic rings. The number of anilines is 2. The highest BCUT2D eigenvalue weighted by atomic mass is 19.1. The van der Waals surface area contributed by atoms with E-state index in [4.69, 9.17) is 0 Å². The van der Waals surface area contributed by atoms with E-state index in [1.165, 1.54) is 19.1 Å². The molecule has 6 heteroatoms. The molecule has 6 rings (SSSR count). The molecule has 0 saturated carbocycles. The van der Waals surface area contributed by atoms with Gasteiger partial charge >= 0.3 is 0 Å². The fourth-order valence-corrected chi connectivity index (χ4v) is 6.61. The molecule has 0 aliphatic carbocycles. The first-order valence-corrected chi connectivity index (χ1v) is 12.7. The van der Waals surface area contributed by atoms with Crippen molar-refractivity contribution in [3.8, 4) is 0 Å². The first-order chi connectivity index (χ1) is 17.9. The van der Waals surface area contributed by atoms with Crippen LogP contribution in [-0.2, 0) is 21.4 Å². The third-order valence-corrected chi connectivity index (χ3v) is 8.07. The number of nitrogens with one attached hydrogen (secondary N) is 1. The van der Waals surface area contributed by atoms with Crippen LogP contribution in [0.25, 0.3) is 6.08 Å². The van der Waals surface area contributed by atoms with E-state index in [0.29, 0.717) is 28.1 Å². The number of carbonyl (C=O) groups is 3. The molecule has 1 N–H and O–H groups in total. The Kier molecular flexibility index (Phi) is 5.37. The lowest BCUT2D eigenvalue weighted by molar-refractivity contribution is -0.122. The van der Waals surface area contributed by atoms with Crippen molar-refractivity contribution in [2.45, 2.75) is 44.2 Å². The lowest BCUT2D eigenvalue weighted by Crippen LogP contribution is -2.51. The van der Waals surface area contributed by atoms with Gasteiger partial charge in [-0.3, -0.25) is 14.4 Å². The van der Waals surface area contributed by atoms with Gasteiger partial charge in [0.15, 0.2) is 11.6 Å². The number of benzene rings is 3. The molecule has 1 amide bonds. The summed E-state index contributed by atoms with van der Waals surface area (Å²) in [5, 5.41) is 2.99. The van der Waals surface area contributed by atoms with Gasteiger partial charge in [-0.25, -0.2) is 4.39 Å². The number of aryl methyl sites for hydroxylation is 1. The topological polar surface area (TPSA) is 66.5 Å². The second-order valence-corrected chi connectivity index (χ2v) is 10.1. The van der Waals surface area contributed by atoms with E-state index in [0.717, 1.165) is 18.4 Å². The van der Waals surface area contributed by atoms with E-state index in [-0.39, 0.29) is 23.3 Å². The highest BCUT2D eigenvalue weighted by Gasteiger charge is 2.69. The van der Waals surface area contributed by atoms with Crippen LogP contribution in [0.2, 0.25) is 0 Å². The zero-order valence-corrected chi connectivity index (χ0v) is 20.7. The van der Waals surface area contributed by atoms with Gasteiger partial charge in [-0.2, -0.15) is 0 Å². The maximum atomic E-state index is 14.4. The zero-order chi connectivity index (χ0) is 25.9. The van der Waals surface area contributed by atoms with Crippen LogP contribution in [0.5, 0.6) is 0 Å². The molecule has 3 aromatic carbocycles. The molecule has 1 saturated heterocycles. The number of hydrogen-bond donors (Lipinski definition) is 1. The van der Waals surface area contributed by atoms with Crippen molar-refractivity contribution < 1.29 is 18.8 Å². The van der Waals surface area contributed by atoms with Crippen LogP contribution in [0.15, 0.2) is 72.8 Å². The Hall–Kier alpha value is -4.06. The Bertz CT molecular complexity index is 1480. The molecule has 4 atom stereocenters. The van der Waals surface area contributed by atoms with E-state index < -0.39 is 23.4 Å². The van der Waals surface area contributed by atoms with Crippen LogP contribution in [0.3, 0.4) is 0 Å².